The lowest BCUT2D eigenvalue weighted by Gasteiger charge is -2.45. The number of amides is 1. The molecule has 0 aliphatic carbocycles. The third kappa shape index (κ3) is 7.21. The van der Waals surface area contributed by atoms with Crippen molar-refractivity contribution in [2.75, 3.05) is 11.5 Å². The first kappa shape index (κ1) is 27.5. The van der Waals surface area contributed by atoms with Crippen molar-refractivity contribution >= 4 is 44.9 Å². The normalized spacial score (nSPS) is 23.5. The van der Waals surface area contributed by atoms with Crippen molar-refractivity contribution in [3.05, 3.63) is 69.7 Å². The molecular formula is C26H31Cl2NO5S. The maximum atomic E-state index is 13.2. The smallest absolute Gasteiger partial charge is 0.304 e. The van der Waals surface area contributed by atoms with Gasteiger partial charge in [-0.05, 0) is 60.6 Å². The van der Waals surface area contributed by atoms with Crippen molar-refractivity contribution in [2.24, 2.45) is 11.3 Å². The van der Waals surface area contributed by atoms with Crippen LogP contribution in [-0.4, -0.2) is 42.9 Å². The van der Waals surface area contributed by atoms with Crippen LogP contribution in [0.5, 0.6) is 0 Å². The van der Waals surface area contributed by atoms with Crippen LogP contribution >= 0.6 is 23.2 Å². The second-order valence-corrected chi connectivity index (χ2v) is 12.9. The fourth-order valence-corrected chi connectivity index (χ4v) is 6.53. The maximum Gasteiger partial charge on any atom is 0.304 e. The fraction of sp³-hybridized carbons (Fsp3) is 0.462. The molecule has 1 fully saturated rings. The molecule has 6 nitrogen and oxygen atoms in total. The lowest BCUT2D eigenvalue weighted by Crippen LogP contribution is -2.57. The molecule has 2 aromatic carbocycles. The molecule has 1 aliphatic heterocycles. The number of rotatable bonds is 10. The summed E-state index contributed by atoms with van der Waals surface area (Å²) in [6, 6.07) is 14.2. The van der Waals surface area contributed by atoms with Crippen LogP contribution in [0.2, 0.25) is 10.0 Å². The van der Waals surface area contributed by atoms with E-state index in [9.17, 15) is 23.1 Å². The van der Waals surface area contributed by atoms with Crippen molar-refractivity contribution in [1.29, 1.82) is 0 Å². The largest absolute Gasteiger partial charge is 0.481 e. The summed E-state index contributed by atoms with van der Waals surface area (Å²) in [7, 11) is -3.35. The molecule has 1 heterocycles. The van der Waals surface area contributed by atoms with E-state index < -0.39 is 27.3 Å². The molecule has 4 unspecified atom stereocenters. The summed E-state index contributed by atoms with van der Waals surface area (Å²) in [6.45, 7) is 3.26. The average Bonchev–Trinajstić information content (AvgIpc) is 2.79. The zero-order chi connectivity index (χ0) is 25.8. The zero-order valence-electron chi connectivity index (χ0n) is 19.8. The number of piperidine rings is 1. The van der Waals surface area contributed by atoms with E-state index in [-0.39, 0.29) is 42.1 Å². The van der Waals surface area contributed by atoms with Crippen molar-refractivity contribution in [2.45, 2.75) is 51.5 Å². The van der Waals surface area contributed by atoms with Gasteiger partial charge in [-0.3, -0.25) is 9.59 Å². The van der Waals surface area contributed by atoms with Crippen LogP contribution in [-0.2, 0) is 25.8 Å². The Kier molecular flexibility index (Phi) is 8.89. The highest BCUT2D eigenvalue weighted by Gasteiger charge is 2.48. The molecule has 1 amide bonds. The third-order valence-corrected chi connectivity index (χ3v) is 9.20. The van der Waals surface area contributed by atoms with Gasteiger partial charge in [0, 0.05) is 27.8 Å². The second-order valence-electron chi connectivity index (χ2n) is 9.62. The van der Waals surface area contributed by atoms with Gasteiger partial charge in [-0.15, -0.1) is 0 Å². The molecule has 0 spiro atoms. The fourth-order valence-electron chi connectivity index (χ4n) is 4.94. The Hall–Kier alpha value is -2.09. The Labute approximate surface area is 216 Å². The monoisotopic (exact) mass is 539 g/mol. The third-order valence-electron chi connectivity index (χ3n) is 6.90. The number of nitrogens with one attached hydrogen (secondary N) is 1. The first-order chi connectivity index (χ1) is 16.4. The van der Waals surface area contributed by atoms with E-state index in [0.29, 0.717) is 22.9 Å². The molecule has 2 aromatic rings. The molecule has 0 aromatic heterocycles. The van der Waals surface area contributed by atoms with Crippen LogP contribution in [0.1, 0.15) is 50.2 Å². The quantitative estimate of drug-likeness (QED) is 0.435. The zero-order valence-corrected chi connectivity index (χ0v) is 22.2. The van der Waals surface area contributed by atoms with Gasteiger partial charge in [0.1, 0.15) is 9.84 Å². The number of aliphatic carboxylic acids is 1. The number of hydrogen-bond donors (Lipinski definition) is 2. The van der Waals surface area contributed by atoms with E-state index in [1.54, 1.807) is 32.0 Å². The minimum atomic E-state index is -3.35. The number of sulfone groups is 1. The van der Waals surface area contributed by atoms with E-state index in [4.69, 9.17) is 23.2 Å². The van der Waals surface area contributed by atoms with Crippen LogP contribution in [0.25, 0.3) is 0 Å². The van der Waals surface area contributed by atoms with Gasteiger partial charge in [0.05, 0.1) is 17.6 Å². The molecule has 3 rings (SSSR count). The molecule has 0 bridgehead atoms. The standard InChI is InChI=1S/C26H31Cl2NO5S/c1-3-35(33,34)16-19(10-7-17-8-11-20(27)12-9-17)24-22(18-5-4-6-21(28)13-18)14-26(2,15-23(30)31)25(32)29-24/h4-6,8-9,11-13,19,22,24H,3,7,10,14-16H2,1-2H3,(H,29,32)(H,30,31). The maximum absolute atomic E-state index is 13.2. The van der Waals surface area contributed by atoms with Gasteiger partial charge in [-0.2, -0.15) is 0 Å². The number of carbonyl (C=O) groups is 2. The molecule has 4 atom stereocenters. The van der Waals surface area contributed by atoms with Gasteiger partial charge in [-0.25, -0.2) is 8.42 Å². The van der Waals surface area contributed by atoms with Crippen LogP contribution in [0.4, 0.5) is 0 Å². The summed E-state index contributed by atoms with van der Waals surface area (Å²) >= 11 is 12.3. The molecule has 0 radical (unpaired) electrons. The van der Waals surface area contributed by atoms with E-state index >= 15 is 0 Å². The summed E-state index contributed by atoms with van der Waals surface area (Å²) < 4.78 is 25.5. The minimum Gasteiger partial charge on any atom is -0.481 e. The minimum absolute atomic E-state index is 0.00364. The van der Waals surface area contributed by atoms with Crippen molar-refractivity contribution in [3.63, 3.8) is 0 Å². The predicted octanol–water partition coefficient (Wildman–Crippen LogP) is 5.13. The molecule has 2 N–H and O–H groups in total. The Morgan fingerprint density at radius 1 is 1.17 bits per heavy atom. The Balaban J connectivity index is 2.00. The molecule has 1 saturated heterocycles. The highest BCUT2D eigenvalue weighted by Crippen LogP contribution is 2.44. The second kappa shape index (κ2) is 11.3. The van der Waals surface area contributed by atoms with E-state index in [0.717, 1.165) is 11.1 Å². The van der Waals surface area contributed by atoms with Gasteiger partial charge in [0.25, 0.3) is 0 Å². The van der Waals surface area contributed by atoms with Crippen LogP contribution in [0, 0.1) is 11.3 Å². The number of carboxylic acids is 1. The Morgan fingerprint density at radius 2 is 1.86 bits per heavy atom. The van der Waals surface area contributed by atoms with E-state index in [1.807, 2.05) is 30.3 Å². The highest BCUT2D eigenvalue weighted by molar-refractivity contribution is 7.91. The molecule has 0 saturated carbocycles. The number of benzene rings is 2. The molecule has 35 heavy (non-hydrogen) atoms. The summed E-state index contributed by atoms with van der Waals surface area (Å²) in [6.07, 6.45) is 1.10. The number of hydrogen-bond acceptors (Lipinski definition) is 4. The van der Waals surface area contributed by atoms with Gasteiger partial charge in [0.15, 0.2) is 0 Å². The Bertz CT molecular complexity index is 1170. The number of halogens is 2. The number of aryl methyl sites for hydroxylation is 1. The molecule has 190 valence electrons. The molecule has 1 aliphatic rings. The van der Waals surface area contributed by atoms with Gasteiger partial charge >= 0.3 is 5.97 Å². The molecular weight excluding hydrogens is 509 g/mol. The number of carboxylic acid groups (broad SMARTS) is 1. The summed E-state index contributed by atoms with van der Waals surface area (Å²) in [4.78, 5) is 24.7. The first-order valence-electron chi connectivity index (χ1n) is 11.7. The SMILES string of the molecule is CCS(=O)(=O)CC(CCc1ccc(Cl)cc1)C1NC(=O)C(C)(CC(=O)O)CC1c1cccc(Cl)c1. The van der Waals surface area contributed by atoms with Crippen LogP contribution in [0.3, 0.4) is 0 Å². The van der Waals surface area contributed by atoms with Crippen molar-refractivity contribution in [3.8, 4) is 0 Å². The topological polar surface area (TPSA) is 101 Å². The van der Waals surface area contributed by atoms with Crippen LogP contribution < -0.4 is 5.32 Å². The van der Waals surface area contributed by atoms with Gasteiger partial charge in [0.2, 0.25) is 5.91 Å². The summed E-state index contributed by atoms with van der Waals surface area (Å²) in [5.41, 5.74) is 0.745. The summed E-state index contributed by atoms with van der Waals surface area (Å²) in [5, 5.41) is 13.6. The van der Waals surface area contributed by atoms with Crippen molar-refractivity contribution < 1.29 is 23.1 Å². The van der Waals surface area contributed by atoms with E-state index in [2.05, 4.69) is 5.32 Å². The van der Waals surface area contributed by atoms with Crippen LogP contribution in [0.15, 0.2) is 48.5 Å². The van der Waals surface area contributed by atoms with E-state index in [1.165, 1.54) is 0 Å². The van der Waals surface area contributed by atoms with Crippen molar-refractivity contribution in [1.82, 2.24) is 5.32 Å². The number of carbonyl (C=O) groups excluding carboxylic acids is 1. The average molecular weight is 541 g/mol. The first-order valence-corrected chi connectivity index (χ1v) is 14.2. The Morgan fingerprint density at radius 3 is 2.46 bits per heavy atom. The van der Waals surface area contributed by atoms with Gasteiger partial charge < -0.3 is 10.4 Å². The predicted molar refractivity (Wildman–Crippen MR) is 139 cm³/mol. The van der Waals surface area contributed by atoms with Gasteiger partial charge in [-0.1, -0.05) is 61.3 Å². The lowest BCUT2D eigenvalue weighted by molar-refractivity contribution is -0.147. The summed E-state index contributed by atoms with van der Waals surface area (Å²) in [5.74, 6) is -2.17. The molecule has 9 heteroatoms. The lowest BCUT2D eigenvalue weighted by atomic mass is 9.67. The highest BCUT2D eigenvalue weighted by atomic mass is 35.5.